The summed E-state index contributed by atoms with van der Waals surface area (Å²) in [5.41, 5.74) is 4.44. The number of aryl methyl sites for hydroxylation is 1. The second-order valence-electron chi connectivity index (χ2n) is 5.27. The SMILES string of the molecule is Cc1cccc(NC(=S)N(C)Cc2ccc(Cl)cc2Cl)c1C. The molecule has 116 valence electrons. The van der Waals surface area contributed by atoms with Crippen molar-refractivity contribution in [3.8, 4) is 0 Å². The quantitative estimate of drug-likeness (QED) is 0.740. The molecule has 2 rings (SSSR count). The van der Waals surface area contributed by atoms with Gasteiger partial charge in [-0.25, -0.2) is 0 Å². The van der Waals surface area contributed by atoms with Crippen LogP contribution < -0.4 is 5.32 Å². The predicted molar refractivity (Wildman–Crippen MR) is 100 cm³/mol. The van der Waals surface area contributed by atoms with Crippen LogP contribution in [0.25, 0.3) is 0 Å². The Labute approximate surface area is 147 Å². The van der Waals surface area contributed by atoms with Crippen LogP contribution in [0.2, 0.25) is 10.0 Å². The Morgan fingerprint density at radius 1 is 1.18 bits per heavy atom. The predicted octanol–water partition coefficient (Wildman–Crippen LogP) is 5.44. The third-order valence-corrected chi connectivity index (χ3v) is 4.62. The van der Waals surface area contributed by atoms with Gasteiger partial charge < -0.3 is 10.2 Å². The fraction of sp³-hybridized carbons (Fsp3) is 0.235. The first-order chi connectivity index (χ1) is 10.4. The molecule has 0 saturated heterocycles. The summed E-state index contributed by atoms with van der Waals surface area (Å²) in [5, 5.41) is 5.22. The molecular weight excluding hydrogens is 335 g/mol. The van der Waals surface area contributed by atoms with Gasteiger partial charge in [-0.15, -0.1) is 0 Å². The molecule has 2 aromatic carbocycles. The highest BCUT2D eigenvalue weighted by Gasteiger charge is 2.10. The minimum atomic E-state index is 0.618. The summed E-state index contributed by atoms with van der Waals surface area (Å²) in [6.07, 6.45) is 0. The Bertz CT molecular complexity index is 701. The Hall–Kier alpha value is -1.29. The molecule has 0 radical (unpaired) electrons. The highest BCUT2D eigenvalue weighted by Crippen LogP contribution is 2.23. The Kier molecular flexibility index (Phi) is 5.68. The van der Waals surface area contributed by atoms with Crippen LogP contribution in [0.5, 0.6) is 0 Å². The average molecular weight is 353 g/mol. The smallest absolute Gasteiger partial charge is 0.173 e. The van der Waals surface area contributed by atoms with Gasteiger partial charge in [0, 0.05) is 29.3 Å². The lowest BCUT2D eigenvalue weighted by molar-refractivity contribution is 0.508. The molecule has 0 atom stereocenters. The maximum Gasteiger partial charge on any atom is 0.173 e. The number of anilines is 1. The summed E-state index contributed by atoms with van der Waals surface area (Å²) < 4.78 is 0. The fourth-order valence-electron chi connectivity index (χ4n) is 2.07. The van der Waals surface area contributed by atoms with E-state index in [2.05, 4.69) is 25.2 Å². The maximum absolute atomic E-state index is 6.21. The Balaban J connectivity index is 2.07. The van der Waals surface area contributed by atoms with E-state index in [-0.39, 0.29) is 0 Å². The molecular formula is C17H18Cl2N2S. The molecule has 0 aliphatic rings. The molecule has 22 heavy (non-hydrogen) atoms. The zero-order chi connectivity index (χ0) is 16.3. The van der Waals surface area contributed by atoms with E-state index < -0.39 is 0 Å². The number of halogens is 2. The van der Waals surface area contributed by atoms with Crippen LogP contribution in [0.1, 0.15) is 16.7 Å². The van der Waals surface area contributed by atoms with E-state index in [1.807, 2.05) is 36.2 Å². The molecule has 0 bridgehead atoms. The number of hydrogen-bond acceptors (Lipinski definition) is 1. The van der Waals surface area contributed by atoms with Crippen LogP contribution in [-0.2, 0) is 6.54 Å². The normalized spacial score (nSPS) is 10.4. The zero-order valence-corrected chi connectivity index (χ0v) is 15.1. The molecule has 0 aliphatic heterocycles. The van der Waals surface area contributed by atoms with Crippen molar-refractivity contribution in [3.63, 3.8) is 0 Å². The first kappa shape index (κ1) is 17.1. The Morgan fingerprint density at radius 3 is 2.59 bits per heavy atom. The molecule has 2 aromatic rings. The zero-order valence-electron chi connectivity index (χ0n) is 12.8. The molecule has 0 unspecified atom stereocenters. The summed E-state index contributed by atoms with van der Waals surface area (Å²) in [6, 6.07) is 11.6. The molecule has 0 fully saturated rings. The number of thiocarbonyl (C=S) groups is 1. The minimum absolute atomic E-state index is 0.618. The largest absolute Gasteiger partial charge is 0.348 e. The minimum Gasteiger partial charge on any atom is -0.348 e. The molecule has 0 amide bonds. The number of nitrogens with zero attached hydrogens (tertiary/aromatic N) is 1. The summed E-state index contributed by atoms with van der Waals surface area (Å²) in [4.78, 5) is 1.95. The Morgan fingerprint density at radius 2 is 1.91 bits per heavy atom. The van der Waals surface area contributed by atoms with E-state index in [4.69, 9.17) is 35.4 Å². The van der Waals surface area contributed by atoms with E-state index in [0.29, 0.717) is 21.7 Å². The van der Waals surface area contributed by atoms with E-state index in [0.717, 1.165) is 11.3 Å². The van der Waals surface area contributed by atoms with Gasteiger partial charge in [0.1, 0.15) is 0 Å². The lowest BCUT2D eigenvalue weighted by Crippen LogP contribution is -2.31. The van der Waals surface area contributed by atoms with Gasteiger partial charge in [-0.2, -0.15) is 0 Å². The highest BCUT2D eigenvalue weighted by molar-refractivity contribution is 7.80. The number of nitrogens with one attached hydrogen (secondary N) is 1. The van der Waals surface area contributed by atoms with Crippen molar-refractivity contribution in [1.29, 1.82) is 0 Å². The molecule has 0 saturated carbocycles. The molecule has 0 aliphatic carbocycles. The number of benzene rings is 2. The second kappa shape index (κ2) is 7.32. The summed E-state index contributed by atoms with van der Waals surface area (Å²) >= 11 is 17.6. The van der Waals surface area contributed by atoms with Crippen molar-refractivity contribution in [3.05, 3.63) is 63.1 Å². The van der Waals surface area contributed by atoms with Crippen molar-refractivity contribution >= 4 is 46.2 Å². The van der Waals surface area contributed by atoms with Gasteiger partial charge in [0.2, 0.25) is 0 Å². The van der Waals surface area contributed by atoms with Crippen LogP contribution in [0.4, 0.5) is 5.69 Å². The monoisotopic (exact) mass is 352 g/mol. The van der Waals surface area contributed by atoms with Gasteiger partial charge in [-0.3, -0.25) is 0 Å². The topological polar surface area (TPSA) is 15.3 Å². The lowest BCUT2D eigenvalue weighted by atomic mass is 10.1. The number of hydrogen-bond donors (Lipinski definition) is 1. The third kappa shape index (κ3) is 4.13. The van der Waals surface area contributed by atoms with Crippen molar-refractivity contribution in [1.82, 2.24) is 4.90 Å². The molecule has 2 nitrogen and oxygen atoms in total. The van der Waals surface area contributed by atoms with Gasteiger partial charge in [-0.05, 0) is 61.0 Å². The molecule has 1 N–H and O–H groups in total. The highest BCUT2D eigenvalue weighted by atomic mass is 35.5. The average Bonchev–Trinajstić information content (AvgIpc) is 2.46. The first-order valence-electron chi connectivity index (χ1n) is 6.90. The molecule has 5 heteroatoms. The summed E-state index contributed by atoms with van der Waals surface area (Å²) in [6.45, 7) is 4.78. The van der Waals surface area contributed by atoms with Crippen molar-refractivity contribution in [2.75, 3.05) is 12.4 Å². The van der Waals surface area contributed by atoms with E-state index >= 15 is 0 Å². The second-order valence-corrected chi connectivity index (χ2v) is 6.50. The number of rotatable bonds is 3. The summed E-state index contributed by atoms with van der Waals surface area (Å²) in [7, 11) is 1.94. The standard InChI is InChI=1S/C17H18Cl2N2S/c1-11-5-4-6-16(12(11)2)20-17(22)21(3)10-13-7-8-14(18)9-15(13)19/h4-9H,10H2,1-3H3,(H,20,22). The van der Waals surface area contributed by atoms with Crippen molar-refractivity contribution in [2.24, 2.45) is 0 Å². The van der Waals surface area contributed by atoms with E-state index in [1.54, 1.807) is 6.07 Å². The fourth-order valence-corrected chi connectivity index (χ4v) is 2.72. The molecule has 0 aromatic heterocycles. The van der Waals surface area contributed by atoms with Crippen LogP contribution >= 0.6 is 35.4 Å². The van der Waals surface area contributed by atoms with Crippen LogP contribution in [-0.4, -0.2) is 17.1 Å². The van der Waals surface area contributed by atoms with Crippen LogP contribution in [0.3, 0.4) is 0 Å². The molecule has 0 spiro atoms. The lowest BCUT2D eigenvalue weighted by Gasteiger charge is -2.23. The van der Waals surface area contributed by atoms with Gasteiger partial charge in [0.15, 0.2) is 5.11 Å². The summed E-state index contributed by atoms with van der Waals surface area (Å²) in [5.74, 6) is 0. The maximum atomic E-state index is 6.21. The first-order valence-corrected chi connectivity index (χ1v) is 8.07. The van der Waals surface area contributed by atoms with Gasteiger partial charge in [-0.1, -0.05) is 41.4 Å². The van der Waals surface area contributed by atoms with Crippen molar-refractivity contribution in [2.45, 2.75) is 20.4 Å². The third-order valence-electron chi connectivity index (χ3n) is 3.62. The van der Waals surface area contributed by atoms with E-state index in [9.17, 15) is 0 Å². The van der Waals surface area contributed by atoms with Gasteiger partial charge in [0.25, 0.3) is 0 Å². The van der Waals surface area contributed by atoms with Gasteiger partial charge >= 0.3 is 0 Å². The van der Waals surface area contributed by atoms with Crippen LogP contribution in [0, 0.1) is 13.8 Å². The van der Waals surface area contributed by atoms with E-state index in [1.165, 1.54) is 11.1 Å². The van der Waals surface area contributed by atoms with Gasteiger partial charge in [0.05, 0.1) is 0 Å². The van der Waals surface area contributed by atoms with Crippen LogP contribution in [0.15, 0.2) is 36.4 Å². The van der Waals surface area contributed by atoms with Crippen molar-refractivity contribution < 1.29 is 0 Å². The molecule has 0 heterocycles.